The molecule has 1 heterocycles. The number of hydrogen-bond donors (Lipinski definition) is 1. The molecule has 190 valence electrons. The monoisotopic (exact) mass is 508 g/mol. The lowest BCUT2D eigenvalue weighted by molar-refractivity contribution is 0.116. The van der Waals surface area contributed by atoms with Gasteiger partial charge in [-0.1, -0.05) is 30.2 Å². The lowest BCUT2D eigenvalue weighted by atomic mass is 9.80. The van der Waals surface area contributed by atoms with Crippen LogP contribution in [-0.4, -0.2) is 47.5 Å². The molecule has 2 aromatic rings. The summed E-state index contributed by atoms with van der Waals surface area (Å²) in [6, 6.07) is 15.2. The molecule has 2 aromatic carbocycles. The van der Waals surface area contributed by atoms with E-state index in [0.717, 1.165) is 38.8 Å². The van der Waals surface area contributed by atoms with Crippen molar-refractivity contribution in [3.05, 3.63) is 64.4 Å². The number of amides is 2. The van der Waals surface area contributed by atoms with E-state index in [1.807, 2.05) is 23.1 Å². The SMILES string of the molecule is CC1CCCCN1CCN(C(=O)Nc1ccc(F)c(Cl)c1)C1CC[C@@]2(c3cccc(C#N)c3)CC2C1. The molecule has 0 aromatic heterocycles. The first kappa shape index (κ1) is 25.0. The lowest BCUT2D eigenvalue weighted by Crippen LogP contribution is -2.50. The van der Waals surface area contributed by atoms with E-state index in [-0.39, 0.29) is 22.5 Å². The van der Waals surface area contributed by atoms with Gasteiger partial charge < -0.3 is 10.2 Å². The van der Waals surface area contributed by atoms with Gasteiger partial charge >= 0.3 is 6.03 Å². The first-order valence-electron chi connectivity index (χ1n) is 13.2. The largest absolute Gasteiger partial charge is 0.322 e. The minimum Gasteiger partial charge on any atom is -0.320 e. The Morgan fingerprint density at radius 1 is 1.28 bits per heavy atom. The number of hydrogen-bond acceptors (Lipinski definition) is 3. The highest BCUT2D eigenvalue weighted by molar-refractivity contribution is 6.31. The van der Waals surface area contributed by atoms with Crippen molar-refractivity contribution in [1.29, 1.82) is 5.26 Å². The number of nitrogens with one attached hydrogen (secondary N) is 1. The number of fused-ring (bicyclic) bond motifs is 1. The molecule has 0 radical (unpaired) electrons. The first-order chi connectivity index (χ1) is 17.4. The normalized spacial score (nSPS) is 27.6. The number of anilines is 1. The van der Waals surface area contributed by atoms with E-state index in [1.165, 1.54) is 37.0 Å². The average molecular weight is 509 g/mol. The molecule has 4 atom stereocenters. The van der Waals surface area contributed by atoms with Gasteiger partial charge in [0.05, 0.1) is 16.7 Å². The summed E-state index contributed by atoms with van der Waals surface area (Å²) >= 11 is 5.96. The summed E-state index contributed by atoms with van der Waals surface area (Å²) in [7, 11) is 0. The molecular weight excluding hydrogens is 475 g/mol. The number of halogens is 2. The summed E-state index contributed by atoms with van der Waals surface area (Å²) in [4.78, 5) is 18.0. The number of carbonyl (C=O) groups is 1. The van der Waals surface area contributed by atoms with Crippen LogP contribution in [0.25, 0.3) is 0 Å². The van der Waals surface area contributed by atoms with Crippen molar-refractivity contribution in [2.75, 3.05) is 25.0 Å². The third-order valence-corrected chi connectivity index (χ3v) is 9.01. The van der Waals surface area contributed by atoms with E-state index in [4.69, 9.17) is 11.6 Å². The molecule has 1 aliphatic heterocycles. The van der Waals surface area contributed by atoms with E-state index < -0.39 is 5.82 Å². The van der Waals surface area contributed by atoms with Crippen molar-refractivity contribution >= 4 is 23.3 Å². The number of urea groups is 1. The molecule has 2 saturated carbocycles. The van der Waals surface area contributed by atoms with Crippen molar-refractivity contribution < 1.29 is 9.18 Å². The van der Waals surface area contributed by atoms with Crippen LogP contribution in [0.15, 0.2) is 42.5 Å². The topological polar surface area (TPSA) is 59.4 Å². The number of nitrogens with zero attached hydrogens (tertiary/aromatic N) is 3. The number of piperidine rings is 1. The lowest BCUT2D eigenvalue weighted by Gasteiger charge is -2.39. The molecule has 3 unspecified atom stereocenters. The fourth-order valence-electron chi connectivity index (χ4n) is 6.49. The standard InChI is InChI=1S/C29H34ClFN4O/c1-20-5-2-3-12-34(20)13-14-35(28(36)33-24-8-9-27(31)26(30)17-24)25-10-11-29(18-23(29)16-25)22-7-4-6-21(15-22)19-32/h4,6-9,15,17,20,23,25H,2-3,5,10-14,16,18H2,1H3,(H,33,36)/t20?,23?,25?,29-/m0/s1. The minimum absolute atomic E-state index is 0.00141. The Morgan fingerprint density at radius 2 is 2.14 bits per heavy atom. The Balaban J connectivity index is 1.30. The van der Waals surface area contributed by atoms with E-state index >= 15 is 0 Å². The van der Waals surface area contributed by atoms with Crippen molar-refractivity contribution in [2.24, 2.45) is 5.92 Å². The quantitative estimate of drug-likeness (QED) is 0.480. The number of benzene rings is 2. The zero-order chi connectivity index (χ0) is 25.3. The maximum Gasteiger partial charge on any atom is 0.322 e. The van der Waals surface area contributed by atoms with Crippen LogP contribution in [0.4, 0.5) is 14.9 Å². The van der Waals surface area contributed by atoms with Crippen molar-refractivity contribution in [3.63, 3.8) is 0 Å². The number of likely N-dealkylation sites (tertiary alicyclic amines) is 1. The summed E-state index contributed by atoms with van der Waals surface area (Å²) in [5, 5.41) is 12.3. The molecule has 5 nitrogen and oxygen atoms in total. The zero-order valence-electron chi connectivity index (χ0n) is 20.9. The molecule has 5 rings (SSSR count). The van der Waals surface area contributed by atoms with Crippen LogP contribution in [0.5, 0.6) is 0 Å². The fraction of sp³-hybridized carbons (Fsp3) is 0.517. The van der Waals surface area contributed by atoms with Gasteiger partial charge in [-0.25, -0.2) is 9.18 Å². The van der Waals surface area contributed by atoms with Crippen molar-refractivity contribution in [1.82, 2.24) is 9.80 Å². The Morgan fingerprint density at radius 3 is 2.89 bits per heavy atom. The summed E-state index contributed by atoms with van der Waals surface area (Å²) in [5.41, 5.74) is 2.64. The molecule has 7 heteroatoms. The highest BCUT2D eigenvalue weighted by atomic mass is 35.5. The molecule has 2 aliphatic carbocycles. The van der Waals surface area contributed by atoms with Crippen molar-refractivity contribution in [3.8, 4) is 6.07 Å². The molecule has 36 heavy (non-hydrogen) atoms. The van der Waals surface area contributed by atoms with Crippen molar-refractivity contribution in [2.45, 2.75) is 69.4 Å². The van der Waals surface area contributed by atoms with Gasteiger partial charge in [0.1, 0.15) is 5.82 Å². The first-order valence-corrected chi connectivity index (χ1v) is 13.5. The van der Waals surface area contributed by atoms with E-state index in [2.05, 4.69) is 29.3 Å². The fourth-order valence-corrected chi connectivity index (χ4v) is 6.67. The Hall–Kier alpha value is -2.62. The molecule has 2 amide bonds. The summed E-state index contributed by atoms with van der Waals surface area (Å²) in [5.74, 6) is 0.0260. The Bertz CT molecular complexity index is 1170. The summed E-state index contributed by atoms with van der Waals surface area (Å²) < 4.78 is 13.6. The molecule has 0 spiro atoms. The molecular formula is C29H34ClFN4O. The summed E-state index contributed by atoms with van der Waals surface area (Å²) in [6.45, 7) is 4.88. The minimum atomic E-state index is -0.497. The van der Waals surface area contributed by atoms with Gasteiger partial charge in [0.25, 0.3) is 0 Å². The van der Waals surface area contributed by atoms with Crippen LogP contribution >= 0.6 is 11.6 Å². The van der Waals surface area contributed by atoms with E-state index in [1.54, 1.807) is 6.07 Å². The summed E-state index contributed by atoms with van der Waals surface area (Å²) in [6.07, 6.45) is 7.71. The van der Waals surface area contributed by atoms with E-state index in [9.17, 15) is 14.4 Å². The number of carbonyl (C=O) groups excluding carboxylic acids is 1. The predicted octanol–water partition coefficient (Wildman–Crippen LogP) is 6.57. The van der Waals surface area contributed by atoms with Crippen LogP contribution in [0.1, 0.15) is 63.0 Å². The number of nitriles is 1. The molecule has 1 N–H and O–H groups in total. The van der Waals surface area contributed by atoms with Gasteiger partial charge in [-0.2, -0.15) is 5.26 Å². The molecule has 1 saturated heterocycles. The predicted molar refractivity (Wildman–Crippen MR) is 141 cm³/mol. The van der Waals surface area contributed by atoms with Crippen LogP contribution < -0.4 is 5.32 Å². The smallest absolute Gasteiger partial charge is 0.320 e. The van der Waals surface area contributed by atoms with Gasteiger partial charge in [-0.3, -0.25) is 4.90 Å². The third-order valence-electron chi connectivity index (χ3n) is 8.72. The highest BCUT2D eigenvalue weighted by Gasteiger charge is 2.58. The average Bonchev–Trinajstić information content (AvgIpc) is 3.63. The van der Waals surface area contributed by atoms with Gasteiger partial charge in [0.15, 0.2) is 0 Å². The van der Waals surface area contributed by atoms with Crippen LogP contribution in [0, 0.1) is 23.1 Å². The zero-order valence-corrected chi connectivity index (χ0v) is 21.6. The van der Waals surface area contributed by atoms with Gasteiger partial charge in [0.2, 0.25) is 0 Å². The second-order valence-electron chi connectivity index (χ2n) is 10.8. The second kappa shape index (κ2) is 10.4. The van der Waals surface area contributed by atoms with Crippen LogP contribution in [0.3, 0.4) is 0 Å². The maximum atomic E-state index is 13.6. The van der Waals surface area contributed by atoms with Crippen LogP contribution in [-0.2, 0) is 5.41 Å². The molecule has 3 aliphatic rings. The maximum absolute atomic E-state index is 13.6. The molecule has 3 fully saturated rings. The van der Waals surface area contributed by atoms with Gasteiger partial charge in [0, 0.05) is 30.9 Å². The second-order valence-corrected chi connectivity index (χ2v) is 11.2. The Labute approximate surface area is 218 Å². The highest BCUT2D eigenvalue weighted by Crippen LogP contribution is 2.62. The molecule has 0 bridgehead atoms. The van der Waals surface area contributed by atoms with Gasteiger partial charge in [-0.15, -0.1) is 0 Å². The van der Waals surface area contributed by atoms with E-state index in [0.29, 0.717) is 29.8 Å². The van der Waals surface area contributed by atoms with Crippen LogP contribution in [0.2, 0.25) is 5.02 Å². The Kier molecular flexibility index (Phi) is 7.23. The third kappa shape index (κ3) is 5.10. The van der Waals surface area contributed by atoms with Gasteiger partial charge in [-0.05, 0) is 99.2 Å². The number of rotatable bonds is 6.